The number of fused-ring (bicyclic) bond motifs is 1. The van der Waals surface area contributed by atoms with Crippen molar-refractivity contribution in [3.05, 3.63) is 36.4 Å². The molecule has 1 N–H and O–H groups in total. The van der Waals surface area contributed by atoms with Crippen LogP contribution in [0.1, 0.15) is 6.92 Å². The van der Waals surface area contributed by atoms with E-state index in [1.165, 1.54) is 11.6 Å². The van der Waals surface area contributed by atoms with Gasteiger partial charge in [-0.2, -0.15) is 0 Å². The zero-order valence-corrected chi connectivity index (χ0v) is 10.5. The molecule has 0 atom stereocenters. The Labute approximate surface area is 113 Å². The fourth-order valence-electron chi connectivity index (χ4n) is 1.62. The second-order valence-corrected chi connectivity index (χ2v) is 4.01. The molecule has 100 valence electrons. The number of hydrogen-bond acceptors (Lipinski definition) is 6. The maximum absolute atomic E-state index is 10.9. The van der Waals surface area contributed by atoms with Crippen LogP contribution in [-0.4, -0.2) is 31.2 Å². The Bertz CT molecular complexity index is 752. The molecule has 8 heteroatoms. The van der Waals surface area contributed by atoms with Crippen molar-refractivity contribution in [2.45, 2.75) is 6.92 Å². The Balaban J connectivity index is 1.78. The lowest BCUT2D eigenvalue weighted by atomic mass is 10.3. The third-order valence-electron chi connectivity index (χ3n) is 2.44. The minimum atomic E-state index is -0.121. The van der Waals surface area contributed by atoms with Gasteiger partial charge in [-0.05, 0) is 40.8 Å². The first-order valence-corrected chi connectivity index (χ1v) is 5.82. The van der Waals surface area contributed by atoms with Gasteiger partial charge in [0, 0.05) is 18.7 Å². The summed E-state index contributed by atoms with van der Waals surface area (Å²) in [6.45, 7) is 1.45. The molecule has 0 aliphatic rings. The number of carbonyl (C=O) groups is 1. The fourth-order valence-corrected chi connectivity index (χ4v) is 1.62. The van der Waals surface area contributed by atoms with Crippen molar-refractivity contribution in [1.82, 2.24) is 25.3 Å². The van der Waals surface area contributed by atoms with E-state index in [2.05, 4.69) is 25.9 Å². The molecule has 1 amide bonds. The van der Waals surface area contributed by atoms with E-state index in [0.717, 1.165) is 0 Å². The van der Waals surface area contributed by atoms with E-state index in [1.54, 1.807) is 36.4 Å². The molecule has 0 radical (unpaired) electrons. The van der Waals surface area contributed by atoms with Crippen molar-refractivity contribution >= 4 is 17.2 Å². The predicted molar refractivity (Wildman–Crippen MR) is 69.4 cm³/mol. The second kappa shape index (κ2) is 4.92. The van der Waals surface area contributed by atoms with Crippen molar-refractivity contribution in [1.29, 1.82) is 0 Å². The first-order valence-electron chi connectivity index (χ1n) is 5.82. The van der Waals surface area contributed by atoms with Crippen LogP contribution in [0.15, 0.2) is 36.4 Å². The Morgan fingerprint density at radius 2 is 2.00 bits per heavy atom. The van der Waals surface area contributed by atoms with Crippen LogP contribution in [0.2, 0.25) is 0 Å². The van der Waals surface area contributed by atoms with Gasteiger partial charge in [0.15, 0.2) is 5.65 Å². The van der Waals surface area contributed by atoms with Crippen LogP contribution in [-0.2, 0) is 4.79 Å². The number of hydrogen-bond donors (Lipinski definition) is 1. The lowest BCUT2D eigenvalue weighted by molar-refractivity contribution is -0.114. The molecule has 3 rings (SSSR count). The number of aromatic nitrogens is 5. The number of amides is 1. The van der Waals surface area contributed by atoms with Crippen molar-refractivity contribution in [3.8, 4) is 11.6 Å². The lowest BCUT2D eigenvalue weighted by Crippen LogP contribution is -2.05. The lowest BCUT2D eigenvalue weighted by Gasteiger charge is -2.06. The van der Waals surface area contributed by atoms with E-state index >= 15 is 0 Å². The number of ether oxygens (including phenoxy) is 1. The van der Waals surface area contributed by atoms with Crippen LogP contribution in [0.25, 0.3) is 5.65 Å². The highest BCUT2D eigenvalue weighted by Crippen LogP contribution is 2.21. The zero-order valence-electron chi connectivity index (χ0n) is 10.5. The highest BCUT2D eigenvalue weighted by Gasteiger charge is 2.03. The van der Waals surface area contributed by atoms with Crippen LogP contribution in [0, 0.1) is 0 Å². The first-order chi connectivity index (χ1) is 9.70. The number of anilines is 1. The molecule has 2 heterocycles. The van der Waals surface area contributed by atoms with Gasteiger partial charge < -0.3 is 10.1 Å². The quantitative estimate of drug-likeness (QED) is 0.770. The highest BCUT2D eigenvalue weighted by atomic mass is 16.5. The molecule has 0 saturated heterocycles. The number of nitrogens with zero attached hydrogens (tertiary/aromatic N) is 5. The van der Waals surface area contributed by atoms with E-state index < -0.39 is 0 Å². The summed E-state index contributed by atoms with van der Waals surface area (Å²) in [6.07, 6.45) is 0. The van der Waals surface area contributed by atoms with Gasteiger partial charge in [0.25, 0.3) is 0 Å². The van der Waals surface area contributed by atoms with Crippen molar-refractivity contribution < 1.29 is 9.53 Å². The summed E-state index contributed by atoms with van der Waals surface area (Å²) in [6, 6.07) is 10.3. The van der Waals surface area contributed by atoms with Gasteiger partial charge in [-0.1, -0.05) is 0 Å². The standard InChI is InChI=1S/C12H10N6O2/c1-8(19)13-9-2-4-10(5-3-9)20-12-7-6-11-14-16-17-18(11)15-12/h2-7H,1H3,(H,13,19). The van der Waals surface area contributed by atoms with Crippen LogP contribution in [0.4, 0.5) is 5.69 Å². The molecule has 3 aromatic rings. The molecule has 0 fully saturated rings. The minimum Gasteiger partial charge on any atom is -0.438 e. The van der Waals surface area contributed by atoms with Gasteiger partial charge in [-0.3, -0.25) is 4.79 Å². The third-order valence-corrected chi connectivity index (χ3v) is 2.44. The van der Waals surface area contributed by atoms with Crippen LogP contribution in [0.3, 0.4) is 0 Å². The molecule has 8 nitrogen and oxygen atoms in total. The van der Waals surface area contributed by atoms with E-state index in [4.69, 9.17) is 4.74 Å². The smallest absolute Gasteiger partial charge is 0.239 e. The number of benzene rings is 1. The van der Waals surface area contributed by atoms with Crippen molar-refractivity contribution in [3.63, 3.8) is 0 Å². The summed E-state index contributed by atoms with van der Waals surface area (Å²) in [5, 5.41) is 17.7. The van der Waals surface area contributed by atoms with Crippen LogP contribution >= 0.6 is 0 Å². The number of tetrazole rings is 1. The third kappa shape index (κ3) is 2.53. The number of carbonyl (C=O) groups excluding carboxylic acids is 1. The van der Waals surface area contributed by atoms with Gasteiger partial charge in [-0.15, -0.1) is 14.8 Å². The summed E-state index contributed by atoms with van der Waals surface area (Å²) < 4.78 is 6.85. The average Bonchev–Trinajstić information content (AvgIpc) is 2.88. The van der Waals surface area contributed by atoms with Gasteiger partial charge in [0.1, 0.15) is 5.75 Å². The molecular weight excluding hydrogens is 260 g/mol. The topological polar surface area (TPSA) is 94.3 Å². The fraction of sp³-hybridized carbons (Fsp3) is 0.0833. The SMILES string of the molecule is CC(=O)Nc1ccc(Oc2ccc3nnnn3n2)cc1. The molecule has 0 aliphatic carbocycles. The molecule has 0 bridgehead atoms. The van der Waals surface area contributed by atoms with E-state index in [0.29, 0.717) is 23.0 Å². The van der Waals surface area contributed by atoms with E-state index in [9.17, 15) is 4.79 Å². The minimum absolute atomic E-state index is 0.121. The maximum Gasteiger partial charge on any atom is 0.239 e. The molecule has 1 aromatic carbocycles. The zero-order chi connectivity index (χ0) is 13.9. The van der Waals surface area contributed by atoms with Gasteiger partial charge in [-0.25, -0.2) is 0 Å². The van der Waals surface area contributed by atoms with Crippen molar-refractivity contribution in [2.75, 3.05) is 5.32 Å². The first kappa shape index (κ1) is 12.0. The number of nitrogens with one attached hydrogen (secondary N) is 1. The van der Waals surface area contributed by atoms with Crippen LogP contribution < -0.4 is 10.1 Å². The van der Waals surface area contributed by atoms with Crippen molar-refractivity contribution in [2.24, 2.45) is 0 Å². The Kier molecular flexibility index (Phi) is 2.96. The Morgan fingerprint density at radius 3 is 2.75 bits per heavy atom. The summed E-state index contributed by atoms with van der Waals surface area (Å²) in [7, 11) is 0. The Morgan fingerprint density at radius 1 is 1.20 bits per heavy atom. The predicted octanol–water partition coefficient (Wildman–Crippen LogP) is 1.27. The van der Waals surface area contributed by atoms with Gasteiger partial charge >= 0.3 is 0 Å². The van der Waals surface area contributed by atoms with E-state index in [-0.39, 0.29) is 5.91 Å². The molecule has 0 unspecified atom stereocenters. The maximum atomic E-state index is 10.9. The normalized spacial score (nSPS) is 10.4. The largest absolute Gasteiger partial charge is 0.438 e. The summed E-state index contributed by atoms with van der Waals surface area (Å²) in [4.78, 5) is 10.9. The van der Waals surface area contributed by atoms with Gasteiger partial charge in [0.05, 0.1) is 0 Å². The molecule has 0 saturated carbocycles. The van der Waals surface area contributed by atoms with E-state index in [1.807, 2.05) is 0 Å². The summed E-state index contributed by atoms with van der Waals surface area (Å²) in [5.41, 5.74) is 1.24. The molecule has 2 aromatic heterocycles. The summed E-state index contributed by atoms with van der Waals surface area (Å²) in [5.74, 6) is 0.848. The molecular formula is C12H10N6O2. The monoisotopic (exact) mass is 270 g/mol. The van der Waals surface area contributed by atoms with Gasteiger partial charge in [0.2, 0.25) is 11.8 Å². The summed E-state index contributed by atoms with van der Waals surface area (Å²) >= 11 is 0. The number of rotatable bonds is 3. The molecule has 0 spiro atoms. The Hall–Kier alpha value is -3.03. The second-order valence-electron chi connectivity index (χ2n) is 4.01. The average molecular weight is 270 g/mol. The van der Waals surface area contributed by atoms with Crippen LogP contribution in [0.5, 0.6) is 11.6 Å². The molecule has 20 heavy (non-hydrogen) atoms. The highest BCUT2D eigenvalue weighted by molar-refractivity contribution is 5.88. The molecule has 0 aliphatic heterocycles.